The fraction of sp³-hybridized carbons (Fsp3) is 0.625. The van der Waals surface area contributed by atoms with Crippen molar-refractivity contribution >= 4 is 65.7 Å². The fourth-order valence-corrected chi connectivity index (χ4v) is 11.5. The smallest absolute Gasteiger partial charge is 0.423 e. The number of aliphatic hydroxyl groups is 7. The number of allylic oxidation sites excluding steroid dienone is 1. The third kappa shape index (κ3) is 19.2. The highest BCUT2D eigenvalue weighted by Crippen LogP contribution is 2.29. The van der Waals surface area contributed by atoms with E-state index in [-0.39, 0.29) is 24.0 Å². The minimum absolute atomic E-state index is 0.0294. The van der Waals surface area contributed by atoms with Crippen LogP contribution in [0.4, 0.5) is 0 Å². The Balaban J connectivity index is 1.55. The van der Waals surface area contributed by atoms with Crippen LogP contribution >= 0.6 is 11.8 Å². The molecule has 15 atom stereocenters. The summed E-state index contributed by atoms with van der Waals surface area (Å²) in [4.78, 5) is 102. The van der Waals surface area contributed by atoms with E-state index in [1.165, 1.54) is 56.9 Å². The van der Waals surface area contributed by atoms with Crippen LogP contribution in [0.1, 0.15) is 129 Å². The second-order valence-corrected chi connectivity index (χ2v) is 23.2. The monoisotopic (exact) mass is 1170 g/mol. The number of hydrogen-bond donors (Lipinski definition) is 15. The Kier molecular flexibility index (Phi) is 26.5. The normalized spacial score (nSPS) is 27.1. The summed E-state index contributed by atoms with van der Waals surface area (Å²) in [6.07, 6.45) is -4.15. The average molecular weight is 1170 g/mol. The van der Waals surface area contributed by atoms with E-state index in [1.54, 1.807) is 30.3 Å². The molecule has 16 N–H and O–H groups in total. The molecule has 2 aromatic carbocycles. The highest BCUT2D eigenvalue weighted by atomic mass is 32.2. The Hall–Kier alpha value is -5.68. The summed E-state index contributed by atoms with van der Waals surface area (Å²) in [5.41, 5.74) is 5.65. The second-order valence-electron chi connectivity index (χ2n) is 22.0. The van der Waals surface area contributed by atoms with Gasteiger partial charge in [-0.25, -0.2) is 0 Å². The predicted octanol–water partition coefficient (Wildman–Crippen LogP) is -1.83. The Labute approximate surface area is 483 Å². The number of benzene rings is 2. The lowest BCUT2D eigenvalue weighted by Gasteiger charge is -2.34. The molecule has 3 aliphatic rings. The molecule has 3 saturated heterocycles. The summed E-state index contributed by atoms with van der Waals surface area (Å²) in [5.74, 6) is -7.50. The minimum Gasteiger partial charge on any atom is -0.423 e. The van der Waals surface area contributed by atoms with Crippen molar-refractivity contribution in [1.82, 2.24) is 36.4 Å². The first-order valence-electron chi connectivity index (χ1n) is 28.4. The molecule has 0 spiro atoms. The number of thioether (sulfide) groups is 1. The summed E-state index contributed by atoms with van der Waals surface area (Å²) in [7, 11) is -1.93. The predicted molar refractivity (Wildman–Crippen MR) is 303 cm³/mol. The lowest BCUT2D eigenvalue weighted by Crippen LogP contribution is -2.64. The molecule has 1 unspecified atom stereocenters. The number of unbranched alkanes of at least 4 members (excludes halogenated alkanes) is 7. The summed E-state index contributed by atoms with van der Waals surface area (Å²) in [6, 6.07) is 1.83. The molecule has 0 bridgehead atoms. The first-order chi connectivity index (χ1) is 38.9. The SMILES string of the molecule is C=C(CCCCCCCCCC[C@@H](C)CC)N[C@H]1C[C@@H](O)C(Sc2ccccc2)NC(=O)[C@@H]2[C@@H](O)CCN2C(=O)[C@H]([C@H](O)CC(N)=O)NC(=O)[C@H]([C@H](O)[C@@H](O)c2ccc(B(O)O)cc2)NC(=O)[C@@H]2C[C@@H](O)CN2C(=O)[C@H]([C@@H](C)O)NC1=O. The van der Waals surface area contributed by atoms with Crippen LogP contribution in [-0.2, 0) is 33.6 Å². The van der Waals surface area contributed by atoms with E-state index in [0.29, 0.717) is 23.4 Å². The summed E-state index contributed by atoms with van der Waals surface area (Å²) < 4.78 is 0. The van der Waals surface area contributed by atoms with Crippen molar-refractivity contribution in [3.63, 3.8) is 0 Å². The molecule has 0 saturated carbocycles. The molecule has 7 amide bonds. The number of carbonyl (C=O) groups is 7. The summed E-state index contributed by atoms with van der Waals surface area (Å²) in [5, 5.41) is 111. The van der Waals surface area contributed by atoms with Crippen molar-refractivity contribution in [3.05, 3.63) is 72.4 Å². The molecule has 3 fully saturated rings. The molecular formula is C56H85BN8O16S. The van der Waals surface area contributed by atoms with E-state index in [4.69, 9.17) is 5.73 Å². The van der Waals surface area contributed by atoms with Crippen LogP contribution in [-0.4, -0.2) is 195 Å². The largest absolute Gasteiger partial charge is 0.488 e. The van der Waals surface area contributed by atoms with Gasteiger partial charge in [-0.15, -0.1) is 0 Å². The molecule has 5 rings (SSSR count). The number of hydrogen-bond acceptors (Lipinski definition) is 18. The van der Waals surface area contributed by atoms with Gasteiger partial charge in [0.05, 0.1) is 36.9 Å². The molecule has 24 nitrogen and oxygen atoms in total. The number of rotatable bonds is 24. The topological polar surface area (TPSA) is 394 Å². The van der Waals surface area contributed by atoms with Gasteiger partial charge in [0.1, 0.15) is 53.8 Å². The van der Waals surface area contributed by atoms with Crippen LogP contribution in [0, 0.1) is 5.92 Å². The van der Waals surface area contributed by atoms with Crippen molar-refractivity contribution in [2.75, 3.05) is 13.1 Å². The van der Waals surface area contributed by atoms with Gasteiger partial charge in [-0.05, 0) is 55.3 Å². The molecule has 0 aromatic heterocycles. The van der Waals surface area contributed by atoms with E-state index in [2.05, 4.69) is 47.0 Å². The number of amides is 7. The number of nitrogens with zero attached hydrogens (tertiary/aromatic N) is 2. The Morgan fingerprint density at radius 3 is 1.95 bits per heavy atom. The van der Waals surface area contributed by atoms with Crippen LogP contribution in [0.15, 0.2) is 71.8 Å². The fourth-order valence-electron chi connectivity index (χ4n) is 10.4. The third-order valence-corrected chi connectivity index (χ3v) is 16.7. The number of aliphatic hydroxyl groups excluding tert-OH is 7. The second kappa shape index (κ2) is 32.4. The highest BCUT2D eigenvalue weighted by Gasteiger charge is 2.49. The molecule has 3 heterocycles. The van der Waals surface area contributed by atoms with Crippen molar-refractivity contribution in [2.45, 2.75) is 206 Å². The first kappa shape index (κ1) is 67.1. The van der Waals surface area contributed by atoms with Gasteiger partial charge < -0.3 is 87.9 Å². The van der Waals surface area contributed by atoms with Crippen LogP contribution in [0.25, 0.3) is 0 Å². The van der Waals surface area contributed by atoms with Gasteiger partial charge in [-0.1, -0.05) is 132 Å². The number of nitrogens with two attached hydrogens (primary N) is 1. The molecule has 3 aliphatic heterocycles. The Bertz CT molecular complexity index is 2450. The number of fused-ring (bicyclic) bond motifs is 2. The van der Waals surface area contributed by atoms with Crippen LogP contribution < -0.4 is 37.8 Å². The molecule has 0 aliphatic carbocycles. The van der Waals surface area contributed by atoms with Crippen molar-refractivity contribution < 1.29 is 79.4 Å². The standard InChI is InChI=1S/C56H85BN8O16S/c1-5-31(2)17-13-10-8-6-7-9-11-14-18-32(3)59-38-28-42(70)54(82-37-19-15-12-16-20-37)63-53(77)47-40(68)25-26-64(47)56(79)45(41(69)29-43(58)71)61-52(76)46(49(73)48(72)34-21-23-35(24-22-34)57(80)81)62-51(75)39-27-36(67)30-65(39)55(78)44(33(4)66)60-50(38)74/h12,15-16,19-24,31,33,36,38-42,44-49,54,59,66-70,72-73,80-81H,3,5-11,13-14,17-18,25-30H2,1-2,4H3,(H2,58,71)(H,60,74)(H,61,76)(H,62,75)(H,63,77)/t31-,33+,36+,38-,39-,40-,41+,42+,44-,45-,46-,47-,48-,49-,54?/m0/s1. The number of primary amides is 1. The Morgan fingerprint density at radius 2 is 1.34 bits per heavy atom. The van der Waals surface area contributed by atoms with Crippen LogP contribution in [0.2, 0.25) is 0 Å². The first-order valence-corrected chi connectivity index (χ1v) is 29.3. The van der Waals surface area contributed by atoms with Gasteiger partial charge in [0.2, 0.25) is 41.4 Å². The van der Waals surface area contributed by atoms with Gasteiger partial charge in [-0.2, -0.15) is 0 Å². The van der Waals surface area contributed by atoms with E-state index < -0.39 is 159 Å². The lowest BCUT2D eigenvalue weighted by atomic mass is 9.79. The van der Waals surface area contributed by atoms with E-state index in [9.17, 15) is 79.4 Å². The Morgan fingerprint density at radius 1 is 0.744 bits per heavy atom. The van der Waals surface area contributed by atoms with Crippen molar-refractivity contribution in [2.24, 2.45) is 11.7 Å². The van der Waals surface area contributed by atoms with Gasteiger partial charge >= 0.3 is 7.12 Å². The van der Waals surface area contributed by atoms with Gasteiger partial charge in [0, 0.05) is 36.5 Å². The highest BCUT2D eigenvalue weighted by molar-refractivity contribution is 8.00. The molecular weight excluding hydrogens is 1080 g/mol. The molecule has 82 heavy (non-hydrogen) atoms. The molecule has 26 heteroatoms. The van der Waals surface area contributed by atoms with Crippen molar-refractivity contribution in [1.29, 1.82) is 0 Å². The van der Waals surface area contributed by atoms with Crippen LogP contribution in [0.3, 0.4) is 0 Å². The van der Waals surface area contributed by atoms with E-state index in [1.807, 2.05) is 0 Å². The van der Waals surface area contributed by atoms with Gasteiger partial charge in [0.15, 0.2) is 0 Å². The molecule has 2 aromatic rings. The third-order valence-electron chi connectivity index (χ3n) is 15.4. The maximum Gasteiger partial charge on any atom is 0.488 e. The lowest BCUT2D eigenvalue weighted by molar-refractivity contribution is -0.148. The van der Waals surface area contributed by atoms with Crippen molar-refractivity contribution in [3.8, 4) is 0 Å². The quantitative estimate of drug-likeness (QED) is 0.0406. The zero-order valence-corrected chi connectivity index (χ0v) is 47.7. The zero-order chi connectivity index (χ0) is 60.4. The maximum absolute atomic E-state index is 14.8. The van der Waals surface area contributed by atoms with E-state index in [0.717, 1.165) is 59.6 Å². The maximum atomic E-state index is 14.8. The summed E-state index contributed by atoms with van der Waals surface area (Å²) in [6.45, 7) is 8.90. The summed E-state index contributed by atoms with van der Waals surface area (Å²) >= 11 is 0.953. The number of nitrogens with one attached hydrogen (secondary N) is 5. The average Bonchev–Trinajstić information content (AvgIpc) is 3.77. The minimum atomic E-state index is -2.38. The zero-order valence-electron chi connectivity index (χ0n) is 46.9. The number of carbonyl (C=O) groups excluding carboxylic acids is 7. The van der Waals surface area contributed by atoms with Gasteiger partial charge in [0.25, 0.3) is 0 Å². The molecule has 454 valence electrons. The molecule has 0 radical (unpaired) electrons. The van der Waals surface area contributed by atoms with Gasteiger partial charge in [-0.3, -0.25) is 33.6 Å². The van der Waals surface area contributed by atoms with E-state index >= 15 is 0 Å². The van der Waals surface area contributed by atoms with Crippen LogP contribution in [0.5, 0.6) is 0 Å².